The van der Waals surface area contributed by atoms with Gasteiger partial charge in [-0.25, -0.2) is 0 Å². The topological polar surface area (TPSA) is 64.9 Å². The summed E-state index contributed by atoms with van der Waals surface area (Å²) in [5, 5.41) is 15.4. The van der Waals surface area contributed by atoms with Gasteiger partial charge in [-0.2, -0.15) is 5.26 Å². The molecule has 21 heavy (non-hydrogen) atoms. The molecule has 1 heterocycles. The SMILES string of the molecule is CC1(C(=O)Nc2ccc(C(C)(C)C#N)cc2)CCNCC1. The molecule has 1 aromatic carbocycles. The first-order chi connectivity index (χ1) is 9.87. The maximum Gasteiger partial charge on any atom is 0.230 e. The Morgan fingerprint density at radius 3 is 2.38 bits per heavy atom. The number of nitriles is 1. The van der Waals surface area contributed by atoms with E-state index in [1.54, 1.807) is 0 Å². The molecule has 1 amide bonds. The van der Waals surface area contributed by atoms with Crippen molar-refractivity contribution >= 4 is 11.6 Å². The fourth-order valence-electron chi connectivity index (χ4n) is 2.52. The maximum absolute atomic E-state index is 12.4. The van der Waals surface area contributed by atoms with Crippen LogP contribution in [0.4, 0.5) is 5.69 Å². The first kappa shape index (κ1) is 15.5. The van der Waals surface area contributed by atoms with Crippen LogP contribution in [0.2, 0.25) is 0 Å². The second-order valence-corrected chi connectivity index (χ2v) is 6.58. The molecule has 1 saturated heterocycles. The van der Waals surface area contributed by atoms with Gasteiger partial charge in [0.2, 0.25) is 5.91 Å². The monoisotopic (exact) mass is 285 g/mol. The van der Waals surface area contributed by atoms with Crippen LogP contribution in [0.15, 0.2) is 24.3 Å². The predicted molar refractivity (Wildman–Crippen MR) is 83.9 cm³/mol. The van der Waals surface area contributed by atoms with Gasteiger partial charge in [-0.3, -0.25) is 4.79 Å². The molecule has 112 valence electrons. The number of anilines is 1. The number of amides is 1. The number of carbonyl (C=O) groups excluding carboxylic acids is 1. The van der Waals surface area contributed by atoms with E-state index in [1.807, 2.05) is 45.0 Å². The molecule has 0 spiro atoms. The third-order valence-corrected chi connectivity index (χ3v) is 4.40. The van der Waals surface area contributed by atoms with Crippen LogP contribution in [-0.4, -0.2) is 19.0 Å². The minimum Gasteiger partial charge on any atom is -0.326 e. The van der Waals surface area contributed by atoms with E-state index in [9.17, 15) is 4.79 Å². The van der Waals surface area contributed by atoms with Gasteiger partial charge in [0.1, 0.15) is 0 Å². The van der Waals surface area contributed by atoms with Crippen molar-refractivity contribution in [1.82, 2.24) is 5.32 Å². The molecular weight excluding hydrogens is 262 g/mol. The molecule has 0 radical (unpaired) electrons. The molecule has 4 heteroatoms. The third-order valence-electron chi connectivity index (χ3n) is 4.40. The lowest BCUT2D eigenvalue weighted by Gasteiger charge is -2.32. The van der Waals surface area contributed by atoms with Crippen LogP contribution >= 0.6 is 0 Å². The summed E-state index contributed by atoms with van der Waals surface area (Å²) in [6.45, 7) is 7.57. The zero-order valence-corrected chi connectivity index (χ0v) is 13.0. The number of carbonyl (C=O) groups is 1. The Balaban J connectivity index is 2.07. The number of hydrogen-bond acceptors (Lipinski definition) is 3. The lowest BCUT2D eigenvalue weighted by molar-refractivity contribution is -0.126. The highest BCUT2D eigenvalue weighted by Gasteiger charge is 2.34. The number of rotatable bonds is 3. The quantitative estimate of drug-likeness (QED) is 0.897. The van der Waals surface area contributed by atoms with Gasteiger partial charge in [0, 0.05) is 11.1 Å². The van der Waals surface area contributed by atoms with Gasteiger partial charge in [-0.15, -0.1) is 0 Å². The van der Waals surface area contributed by atoms with Gasteiger partial charge < -0.3 is 10.6 Å². The second kappa shape index (κ2) is 5.87. The van der Waals surface area contributed by atoms with Crippen LogP contribution in [0.1, 0.15) is 39.2 Å². The van der Waals surface area contributed by atoms with Crippen LogP contribution in [0.3, 0.4) is 0 Å². The van der Waals surface area contributed by atoms with Crippen molar-refractivity contribution in [1.29, 1.82) is 5.26 Å². The lowest BCUT2D eigenvalue weighted by atomic mass is 9.80. The van der Waals surface area contributed by atoms with E-state index in [4.69, 9.17) is 5.26 Å². The van der Waals surface area contributed by atoms with Crippen molar-refractivity contribution in [3.63, 3.8) is 0 Å². The van der Waals surface area contributed by atoms with Gasteiger partial charge in [-0.1, -0.05) is 19.1 Å². The molecule has 0 bridgehead atoms. The Morgan fingerprint density at radius 2 is 1.86 bits per heavy atom. The summed E-state index contributed by atoms with van der Waals surface area (Å²) in [7, 11) is 0. The molecule has 1 fully saturated rings. The smallest absolute Gasteiger partial charge is 0.230 e. The van der Waals surface area contributed by atoms with E-state index >= 15 is 0 Å². The van der Waals surface area contributed by atoms with Crippen LogP contribution in [0.25, 0.3) is 0 Å². The fourth-order valence-corrected chi connectivity index (χ4v) is 2.52. The Kier molecular flexibility index (Phi) is 4.34. The van der Waals surface area contributed by atoms with E-state index in [0.29, 0.717) is 0 Å². The van der Waals surface area contributed by atoms with Gasteiger partial charge in [0.05, 0.1) is 11.5 Å². The summed E-state index contributed by atoms with van der Waals surface area (Å²) in [5.41, 5.74) is 0.938. The molecule has 0 aliphatic carbocycles. The van der Waals surface area contributed by atoms with Crippen molar-refractivity contribution in [2.24, 2.45) is 5.41 Å². The third kappa shape index (κ3) is 3.43. The Bertz CT molecular complexity index is 548. The zero-order chi connectivity index (χ0) is 15.5. The molecule has 1 aliphatic rings. The molecule has 0 aromatic heterocycles. The van der Waals surface area contributed by atoms with Crippen LogP contribution in [0.5, 0.6) is 0 Å². The van der Waals surface area contributed by atoms with E-state index < -0.39 is 5.41 Å². The Hall–Kier alpha value is -1.86. The number of piperidine rings is 1. The molecule has 0 atom stereocenters. The predicted octanol–water partition coefficient (Wildman–Crippen LogP) is 2.82. The van der Waals surface area contributed by atoms with Gasteiger partial charge >= 0.3 is 0 Å². The highest BCUT2D eigenvalue weighted by atomic mass is 16.2. The van der Waals surface area contributed by atoms with E-state index in [-0.39, 0.29) is 11.3 Å². The summed E-state index contributed by atoms with van der Waals surface area (Å²) in [6.07, 6.45) is 1.72. The lowest BCUT2D eigenvalue weighted by Crippen LogP contribution is -2.42. The van der Waals surface area contributed by atoms with Crippen molar-refractivity contribution in [3.8, 4) is 6.07 Å². The van der Waals surface area contributed by atoms with Gasteiger partial charge in [0.15, 0.2) is 0 Å². The maximum atomic E-state index is 12.4. The van der Waals surface area contributed by atoms with Gasteiger partial charge in [-0.05, 0) is 57.5 Å². The summed E-state index contributed by atoms with van der Waals surface area (Å²) in [4.78, 5) is 12.4. The fraction of sp³-hybridized carbons (Fsp3) is 0.529. The number of nitrogens with zero attached hydrogens (tertiary/aromatic N) is 1. The highest BCUT2D eigenvalue weighted by molar-refractivity contribution is 5.95. The first-order valence-electron chi connectivity index (χ1n) is 7.41. The molecule has 2 N–H and O–H groups in total. The first-order valence-corrected chi connectivity index (χ1v) is 7.41. The van der Waals surface area contributed by atoms with Crippen LogP contribution < -0.4 is 10.6 Å². The average Bonchev–Trinajstić information content (AvgIpc) is 2.48. The molecule has 0 saturated carbocycles. The number of benzene rings is 1. The number of nitrogens with one attached hydrogen (secondary N) is 2. The molecule has 0 unspecified atom stereocenters. The van der Waals surface area contributed by atoms with Gasteiger partial charge in [0.25, 0.3) is 0 Å². The van der Waals surface area contributed by atoms with Crippen molar-refractivity contribution in [3.05, 3.63) is 29.8 Å². The van der Waals surface area contributed by atoms with Crippen molar-refractivity contribution < 1.29 is 4.79 Å². The normalized spacial score (nSPS) is 17.8. The number of hydrogen-bond donors (Lipinski definition) is 2. The molecule has 2 rings (SSSR count). The zero-order valence-electron chi connectivity index (χ0n) is 13.0. The standard InChI is InChI=1S/C17H23N3O/c1-16(2,12-18)13-4-6-14(7-5-13)20-15(21)17(3)8-10-19-11-9-17/h4-7,19H,8-11H2,1-3H3,(H,20,21). The highest BCUT2D eigenvalue weighted by Crippen LogP contribution is 2.30. The minimum absolute atomic E-state index is 0.0799. The summed E-state index contributed by atoms with van der Waals surface area (Å²) in [5.74, 6) is 0.0799. The van der Waals surface area contributed by atoms with Crippen LogP contribution in [0, 0.1) is 16.7 Å². The van der Waals surface area contributed by atoms with Crippen LogP contribution in [-0.2, 0) is 10.2 Å². The molecule has 1 aromatic rings. The summed E-state index contributed by atoms with van der Waals surface area (Å²) in [6, 6.07) is 9.84. The van der Waals surface area contributed by atoms with E-state index in [2.05, 4.69) is 16.7 Å². The van der Waals surface area contributed by atoms with Crippen molar-refractivity contribution in [2.75, 3.05) is 18.4 Å². The molecule has 4 nitrogen and oxygen atoms in total. The Labute approximate surface area is 126 Å². The summed E-state index contributed by atoms with van der Waals surface area (Å²) >= 11 is 0. The summed E-state index contributed by atoms with van der Waals surface area (Å²) < 4.78 is 0. The Morgan fingerprint density at radius 1 is 1.29 bits per heavy atom. The van der Waals surface area contributed by atoms with E-state index in [1.165, 1.54) is 0 Å². The average molecular weight is 285 g/mol. The molecular formula is C17H23N3O. The van der Waals surface area contributed by atoms with E-state index in [0.717, 1.165) is 37.2 Å². The largest absolute Gasteiger partial charge is 0.326 e. The second-order valence-electron chi connectivity index (χ2n) is 6.58. The minimum atomic E-state index is -0.510. The van der Waals surface area contributed by atoms with Crippen molar-refractivity contribution in [2.45, 2.75) is 39.0 Å². The molecule has 1 aliphatic heterocycles.